The molecule has 0 aromatic heterocycles. The largest absolute Gasteiger partial charge is 0.573 e. The number of amides is 1. The van der Waals surface area contributed by atoms with Gasteiger partial charge in [0.05, 0.1) is 0 Å². The van der Waals surface area contributed by atoms with Crippen molar-refractivity contribution in [1.82, 2.24) is 10.2 Å². The van der Waals surface area contributed by atoms with Crippen LogP contribution in [0.15, 0.2) is 30.3 Å². The number of halogens is 3. The third-order valence-electron chi connectivity index (χ3n) is 4.02. The molecule has 0 spiro atoms. The molecule has 0 bridgehead atoms. The van der Waals surface area contributed by atoms with Crippen LogP contribution in [-0.2, 0) is 4.79 Å². The van der Waals surface area contributed by atoms with Gasteiger partial charge in [-0.2, -0.15) is 0 Å². The molecule has 25 heavy (non-hydrogen) atoms. The van der Waals surface area contributed by atoms with Gasteiger partial charge in [-0.3, -0.25) is 4.79 Å². The maximum absolute atomic E-state index is 12.1. The van der Waals surface area contributed by atoms with E-state index in [1.807, 2.05) is 0 Å². The number of likely N-dealkylation sites (tertiary alicyclic amines) is 1. The zero-order chi connectivity index (χ0) is 18.3. The summed E-state index contributed by atoms with van der Waals surface area (Å²) in [5.74, 6) is -0.0146. The van der Waals surface area contributed by atoms with Crippen molar-refractivity contribution in [2.24, 2.45) is 5.92 Å². The number of carbonyl (C=O) groups is 1. The van der Waals surface area contributed by atoms with Crippen molar-refractivity contribution in [3.05, 3.63) is 35.9 Å². The summed E-state index contributed by atoms with van der Waals surface area (Å²) < 4.78 is 40.0. The summed E-state index contributed by atoms with van der Waals surface area (Å²) in [5.41, 5.74) is 0.625. The highest BCUT2D eigenvalue weighted by Crippen LogP contribution is 2.23. The second-order valence-corrected chi connectivity index (χ2v) is 6.15. The van der Waals surface area contributed by atoms with Crippen molar-refractivity contribution in [2.75, 3.05) is 26.2 Å². The van der Waals surface area contributed by atoms with Gasteiger partial charge in [0.25, 0.3) is 0 Å². The average molecular weight is 356 g/mol. The topological polar surface area (TPSA) is 41.6 Å². The highest BCUT2D eigenvalue weighted by molar-refractivity contribution is 5.91. The summed E-state index contributed by atoms with van der Waals surface area (Å²) in [7, 11) is 0. The molecule has 0 aliphatic carbocycles. The number of ether oxygens (including phenoxy) is 1. The SMILES string of the molecule is CCCN1CC[C@@H](CNC(=O)/C=C\c2ccc(OC(F)(F)F)cc2)C1. The van der Waals surface area contributed by atoms with E-state index in [1.165, 1.54) is 30.3 Å². The fourth-order valence-electron chi connectivity index (χ4n) is 2.86. The number of nitrogens with zero attached hydrogens (tertiary/aromatic N) is 1. The number of carbonyl (C=O) groups excluding carboxylic acids is 1. The maximum atomic E-state index is 12.1. The summed E-state index contributed by atoms with van der Waals surface area (Å²) >= 11 is 0. The standard InChI is InChI=1S/C18H23F3N2O2/c1-2-10-23-11-9-15(13-23)12-22-17(24)8-5-14-3-6-16(7-4-14)25-18(19,20)21/h3-8,15H,2,9-13H2,1H3,(H,22,24)/b8-5-/t15-/m0/s1. The van der Waals surface area contributed by atoms with Crippen LogP contribution in [0.1, 0.15) is 25.3 Å². The molecule has 1 heterocycles. The summed E-state index contributed by atoms with van der Waals surface area (Å²) in [4.78, 5) is 14.2. The van der Waals surface area contributed by atoms with Gasteiger partial charge in [-0.25, -0.2) is 0 Å². The highest BCUT2D eigenvalue weighted by Gasteiger charge is 2.30. The average Bonchev–Trinajstić information content (AvgIpc) is 2.99. The Kier molecular flexibility index (Phi) is 6.87. The van der Waals surface area contributed by atoms with Gasteiger partial charge in [-0.15, -0.1) is 13.2 Å². The molecule has 4 nitrogen and oxygen atoms in total. The maximum Gasteiger partial charge on any atom is 0.573 e. The van der Waals surface area contributed by atoms with E-state index in [4.69, 9.17) is 0 Å². The van der Waals surface area contributed by atoms with Crippen LogP contribution in [-0.4, -0.2) is 43.3 Å². The van der Waals surface area contributed by atoms with Crippen LogP contribution in [0.3, 0.4) is 0 Å². The lowest BCUT2D eigenvalue weighted by Gasteiger charge is -2.14. The molecule has 0 unspecified atom stereocenters. The first kappa shape index (κ1) is 19.3. The fourth-order valence-corrected chi connectivity index (χ4v) is 2.86. The fraction of sp³-hybridized carbons (Fsp3) is 0.500. The van der Waals surface area contributed by atoms with Crippen LogP contribution >= 0.6 is 0 Å². The molecule has 1 aromatic rings. The van der Waals surface area contributed by atoms with Gasteiger partial charge in [0, 0.05) is 19.2 Å². The first-order valence-electron chi connectivity index (χ1n) is 8.40. The number of rotatable bonds is 7. The van der Waals surface area contributed by atoms with Crippen molar-refractivity contribution in [3.63, 3.8) is 0 Å². The Balaban J connectivity index is 1.75. The van der Waals surface area contributed by atoms with Crippen molar-refractivity contribution in [2.45, 2.75) is 26.1 Å². The number of benzene rings is 1. The Morgan fingerprint density at radius 2 is 2.08 bits per heavy atom. The second-order valence-electron chi connectivity index (χ2n) is 6.15. The van der Waals surface area contributed by atoms with E-state index in [2.05, 4.69) is 21.9 Å². The zero-order valence-corrected chi connectivity index (χ0v) is 14.2. The molecule has 1 aliphatic heterocycles. The van der Waals surface area contributed by atoms with Gasteiger partial charge in [0.15, 0.2) is 0 Å². The Labute approximate surface area is 145 Å². The number of hydrogen-bond acceptors (Lipinski definition) is 3. The van der Waals surface area contributed by atoms with Crippen LogP contribution in [0.25, 0.3) is 6.08 Å². The van der Waals surface area contributed by atoms with Crippen LogP contribution in [0.5, 0.6) is 5.75 Å². The minimum Gasteiger partial charge on any atom is -0.406 e. The molecule has 138 valence electrons. The van der Waals surface area contributed by atoms with Crippen LogP contribution in [0.4, 0.5) is 13.2 Å². The van der Waals surface area contributed by atoms with E-state index in [0.717, 1.165) is 32.5 Å². The Hall–Kier alpha value is -2.02. The van der Waals surface area contributed by atoms with E-state index in [0.29, 0.717) is 18.0 Å². The molecule has 7 heteroatoms. The van der Waals surface area contributed by atoms with Gasteiger partial charge in [0.2, 0.25) is 5.91 Å². The van der Waals surface area contributed by atoms with Crippen molar-refractivity contribution in [3.8, 4) is 5.75 Å². The molecule has 0 radical (unpaired) electrons. The van der Waals surface area contributed by atoms with Gasteiger partial charge in [0.1, 0.15) is 5.75 Å². The minimum absolute atomic E-state index is 0.204. The zero-order valence-electron chi connectivity index (χ0n) is 14.2. The summed E-state index contributed by atoms with van der Waals surface area (Å²) in [6, 6.07) is 5.35. The first-order valence-corrected chi connectivity index (χ1v) is 8.40. The number of alkyl halides is 3. The summed E-state index contributed by atoms with van der Waals surface area (Å²) in [6.45, 7) is 5.98. The predicted molar refractivity (Wildman–Crippen MR) is 90.0 cm³/mol. The molecular formula is C18H23F3N2O2. The van der Waals surface area contributed by atoms with E-state index in [-0.39, 0.29) is 11.7 Å². The first-order chi connectivity index (χ1) is 11.9. The third kappa shape index (κ3) is 7.17. The van der Waals surface area contributed by atoms with Gasteiger partial charge in [-0.1, -0.05) is 19.1 Å². The summed E-state index contributed by atoms with van der Waals surface area (Å²) in [6.07, 6.45) is 0.465. The minimum atomic E-state index is -4.70. The number of hydrogen-bond donors (Lipinski definition) is 1. The molecule has 1 amide bonds. The Morgan fingerprint density at radius 1 is 1.36 bits per heavy atom. The number of nitrogens with one attached hydrogen (secondary N) is 1. The van der Waals surface area contributed by atoms with E-state index >= 15 is 0 Å². The molecule has 1 N–H and O–H groups in total. The Morgan fingerprint density at radius 3 is 2.72 bits per heavy atom. The molecule has 0 saturated carbocycles. The van der Waals surface area contributed by atoms with Crippen molar-refractivity contribution in [1.29, 1.82) is 0 Å². The monoisotopic (exact) mass is 356 g/mol. The lowest BCUT2D eigenvalue weighted by molar-refractivity contribution is -0.274. The second kappa shape index (κ2) is 8.89. The van der Waals surface area contributed by atoms with Gasteiger partial charge < -0.3 is 15.0 Å². The predicted octanol–water partition coefficient (Wildman–Crippen LogP) is 3.45. The van der Waals surface area contributed by atoms with E-state index in [1.54, 1.807) is 6.08 Å². The molecule has 1 aromatic carbocycles. The Bertz CT molecular complexity index is 585. The molecule has 2 rings (SSSR count). The van der Waals surface area contributed by atoms with E-state index < -0.39 is 6.36 Å². The molecule has 1 atom stereocenters. The smallest absolute Gasteiger partial charge is 0.406 e. The van der Waals surface area contributed by atoms with Crippen LogP contribution < -0.4 is 10.1 Å². The van der Waals surface area contributed by atoms with Crippen LogP contribution in [0, 0.1) is 5.92 Å². The lowest BCUT2D eigenvalue weighted by atomic mass is 10.1. The summed E-state index contributed by atoms with van der Waals surface area (Å²) in [5, 5.41) is 2.87. The molecule has 1 aliphatic rings. The van der Waals surface area contributed by atoms with Crippen molar-refractivity contribution >= 4 is 12.0 Å². The normalized spacial score (nSPS) is 18.6. The lowest BCUT2D eigenvalue weighted by Crippen LogP contribution is -2.30. The van der Waals surface area contributed by atoms with Crippen LogP contribution in [0.2, 0.25) is 0 Å². The van der Waals surface area contributed by atoms with E-state index in [9.17, 15) is 18.0 Å². The third-order valence-corrected chi connectivity index (χ3v) is 4.02. The molecule has 1 saturated heterocycles. The highest BCUT2D eigenvalue weighted by atomic mass is 19.4. The van der Waals surface area contributed by atoms with Crippen molar-refractivity contribution < 1.29 is 22.7 Å². The molecule has 1 fully saturated rings. The van der Waals surface area contributed by atoms with Gasteiger partial charge >= 0.3 is 6.36 Å². The quantitative estimate of drug-likeness (QED) is 0.761. The molecular weight excluding hydrogens is 333 g/mol. The van der Waals surface area contributed by atoms with Gasteiger partial charge in [-0.05, 0) is 55.6 Å².